The van der Waals surface area contributed by atoms with Gasteiger partial charge in [-0.15, -0.1) is 11.3 Å². The summed E-state index contributed by atoms with van der Waals surface area (Å²) < 4.78 is 13.4. The van der Waals surface area contributed by atoms with E-state index in [2.05, 4.69) is 26.2 Å². The summed E-state index contributed by atoms with van der Waals surface area (Å²) in [6.07, 6.45) is 1.65. The number of halogens is 2. The highest BCUT2D eigenvalue weighted by atomic mass is 79.9. The van der Waals surface area contributed by atoms with Crippen LogP contribution in [-0.2, 0) is 6.54 Å². The van der Waals surface area contributed by atoms with E-state index in [0.717, 1.165) is 11.1 Å². The van der Waals surface area contributed by atoms with Crippen molar-refractivity contribution in [3.63, 3.8) is 0 Å². The van der Waals surface area contributed by atoms with Crippen LogP contribution in [0, 0.1) is 15.9 Å². The third-order valence-electron chi connectivity index (χ3n) is 2.15. The van der Waals surface area contributed by atoms with Crippen LogP contribution in [0.3, 0.4) is 0 Å². The monoisotopic (exact) mass is 331 g/mol. The van der Waals surface area contributed by atoms with Gasteiger partial charge < -0.3 is 5.32 Å². The molecule has 2 aromatic rings. The van der Waals surface area contributed by atoms with Crippen LogP contribution in [0.25, 0.3) is 0 Å². The van der Waals surface area contributed by atoms with E-state index >= 15 is 0 Å². The molecule has 2 rings (SSSR count). The van der Waals surface area contributed by atoms with E-state index < -0.39 is 10.7 Å². The summed E-state index contributed by atoms with van der Waals surface area (Å²) in [6.45, 7) is 0.358. The third-order valence-corrected chi connectivity index (χ3v) is 3.54. The Bertz CT molecular complexity index is 577. The van der Waals surface area contributed by atoms with Gasteiger partial charge in [-0.25, -0.2) is 9.37 Å². The van der Waals surface area contributed by atoms with Gasteiger partial charge in [-0.1, -0.05) is 0 Å². The number of hydrogen-bond acceptors (Lipinski definition) is 5. The van der Waals surface area contributed by atoms with Crippen LogP contribution < -0.4 is 5.32 Å². The van der Waals surface area contributed by atoms with E-state index in [4.69, 9.17) is 0 Å². The summed E-state index contributed by atoms with van der Waals surface area (Å²) in [5, 5.41) is 16.3. The molecule has 0 aliphatic heterocycles. The molecule has 0 bridgehead atoms. The molecule has 1 aromatic carbocycles. The highest BCUT2D eigenvalue weighted by Gasteiger charge is 2.17. The summed E-state index contributed by atoms with van der Waals surface area (Å²) in [5.41, 5.74) is -0.0456. The zero-order chi connectivity index (χ0) is 13.1. The third kappa shape index (κ3) is 2.82. The molecule has 0 aliphatic carbocycles. The van der Waals surface area contributed by atoms with Crippen LogP contribution in [0.4, 0.5) is 15.8 Å². The van der Waals surface area contributed by atoms with E-state index in [1.165, 1.54) is 17.4 Å². The van der Waals surface area contributed by atoms with Gasteiger partial charge in [0.1, 0.15) is 16.5 Å². The fourth-order valence-electron chi connectivity index (χ4n) is 1.34. The number of hydrogen-bond donors (Lipinski definition) is 1. The first-order chi connectivity index (χ1) is 8.58. The molecule has 0 spiro atoms. The van der Waals surface area contributed by atoms with Crippen molar-refractivity contribution in [2.24, 2.45) is 0 Å². The smallest absolute Gasteiger partial charge is 0.295 e. The van der Waals surface area contributed by atoms with Gasteiger partial charge in [0.15, 0.2) is 0 Å². The number of nitro benzene ring substituents is 1. The zero-order valence-corrected chi connectivity index (χ0v) is 11.3. The van der Waals surface area contributed by atoms with E-state index in [1.54, 1.807) is 6.20 Å². The molecule has 18 heavy (non-hydrogen) atoms. The number of nitrogens with zero attached hydrogens (tertiary/aromatic N) is 2. The second-order valence-corrected chi connectivity index (χ2v) is 5.15. The Kier molecular flexibility index (Phi) is 3.87. The number of rotatable bonds is 4. The van der Waals surface area contributed by atoms with E-state index in [9.17, 15) is 14.5 Å². The molecule has 0 saturated heterocycles. The van der Waals surface area contributed by atoms with E-state index in [-0.39, 0.29) is 15.8 Å². The van der Waals surface area contributed by atoms with Crippen LogP contribution in [-0.4, -0.2) is 9.91 Å². The van der Waals surface area contributed by atoms with Crippen LogP contribution in [0.15, 0.2) is 28.2 Å². The SMILES string of the molecule is O=[N+]([O-])c1cc(F)c(Br)cc1NCc1nccs1. The first-order valence-corrected chi connectivity index (χ1v) is 6.51. The number of benzene rings is 1. The lowest BCUT2D eigenvalue weighted by Gasteiger charge is -2.06. The Hall–Kier alpha value is -1.54. The highest BCUT2D eigenvalue weighted by Crippen LogP contribution is 2.30. The quantitative estimate of drug-likeness (QED) is 0.687. The van der Waals surface area contributed by atoms with Crippen molar-refractivity contribution >= 4 is 38.6 Å². The molecular formula is C10H7BrFN3O2S. The maximum Gasteiger partial charge on any atom is 0.295 e. The maximum atomic E-state index is 13.2. The maximum absolute atomic E-state index is 13.2. The van der Waals surface area contributed by atoms with Gasteiger partial charge in [0.25, 0.3) is 5.69 Å². The van der Waals surface area contributed by atoms with Crippen molar-refractivity contribution in [1.29, 1.82) is 0 Å². The fourth-order valence-corrected chi connectivity index (χ4v) is 2.24. The Morgan fingerprint density at radius 1 is 1.56 bits per heavy atom. The molecule has 1 heterocycles. The van der Waals surface area contributed by atoms with Crippen LogP contribution in [0.1, 0.15) is 5.01 Å². The van der Waals surface area contributed by atoms with Crippen molar-refractivity contribution in [3.05, 3.63) is 49.1 Å². The lowest BCUT2D eigenvalue weighted by Crippen LogP contribution is -2.03. The second-order valence-electron chi connectivity index (χ2n) is 3.32. The molecule has 0 aliphatic rings. The van der Waals surface area contributed by atoms with Gasteiger partial charge in [0.05, 0.1) is 22.0 Å². The number of aromatic nitrogens is 1. The Morgan fingerprint density at radius 3 is 2.94 bits per heavy atom. The van der Waals surface area contributed by atoms with Crippen molar-refractivity contribution in [2.75, 3.05) is 5.32 Å². The molecule has 1 aromatic heterocycles. The first kappa shape index (κ1) is 12.9. The van der Waals surface area contributed by atoms with Crippen LogP contribution in [0.2, 0.25) is 0 Å². The molecule has 5 nitrogen and oxygen atoms in total. The lowest BCUT2D eigenvalue weighted by atomic mass is 10.2. The molecular weight excluding hydrogens is 325 g/mol. The van der Waals surface area contributed by atoms with E-state index in [0.29, 0.717) is 6.54 Å². The highest BCUT2D eigenvalue weighted by molar-refractivity contribution is 9.10. The normalized spacial score (nSPS) is 10.3. The summed E-state index contributed by atoms with van der Waals surface area (Å²) in [4.78, 5) is 14.2. The standard InChI is InChI=1S/C10H7BrFN3O2S/c11-6-3-8(9(15(16)17)4-7(6)12)14-5-10-13-1-2-18-10/h1-4,14H,5H2. The van der Waals surface area contributed by atoms with Crippen molar-refractivity contribution in [2.45, 2.75) is 6.54 Å². The average Bonchev–Trinajstić information content (AvgIpc) is 2.83. The largest absolute Gasteiger partial charge is 0.373 e. The van der Waals surface area contributed by atoms with Crippen molar-refractivity contribution in [3.8, 4) is 0 Å². The minimum atomic E-state index is -0.665. The molecule has 94 valence electrons. The summed E-state index contributed by atoms with van der Waals surface area (Å²) in [5.74, 6) is -0.665. The summed E-state index contributed by atoms with van der Waals surface area (Å²) >= 11 is 4.43. The zero-order valence-electron chi connectivity index (χ0n) is 8.89. The number of thiazole rings is 1. The average molecular weight is 332 g/mol. The van der Waals surface area contributed by atoms with Crippen LogP contribution in [0.5, 0.6) is 0 Å². The molecule has 0 amide bonds. The lowest BCUT2D eigenvalue weighted by molar-refractivity contribution is -0.384. The van der Waals surface area contributed by atoms with Gasteiger partial charge in [0, 0.05) is 11.6 Å². The van der Waals surface area contributed by atoms with Crippen molar-refractivity contribution in [1.82, 2.24) is 4.98 Å². The van der Waals surface area contributed by atoms with Gasteiger partial charge in [-0.05, 0) is 22.0 Å². The first-order valence-electron chi connectivity index (χ1n) is 4.83. The van der Waals surface area contributed by atoms with Crippen molar-refractivity contribution < 1.29 is 9.31 Å². The predicted molar refractivity (Wildman–Crippen MR) is 70.2 cm³/mol. The van der Waals surface area contributed by atoms with E-state index in [1.807, 2.05) is 5.38 Å². The topological polar surface area (TPSA) is 68.1 Å². The second kappa shape index (κ2) is 5.40. The number of nitro groups is 1. The Morgan fingerprint density at radius 2 is 2.33 bits per heavy atom. The number of anilines is 1. The van der Waals surface area contributed by atoms with Gasteiger partial charge >= 0.3 is 0 Å². The van der Waals surface area contributed by atoms with Crippen LogP contribution >= 0.6 is 27.3 Å². The summed E-state index contributed by atoms with van der Waals surface area (Å²) in [6, 6.07) is 2.23. The molecule has 8 heteroatoms. The molecule has 1 N–H and O–H groups in total. The molecule has 0 unspecified atom stereocenters. The van der Waals surface area contributed by atoms with Gasteiger partial charge in [-0.2, -0.15) is 0 Å². The number of nitrogens with one attached hydrogen (secondary N) is 1. The van der Waals surface area contributed by atoms with Gasteiger partial charge in [-0.3, -0.25) is 10.1 Å². The Labute approximate surface area is 114 Å². The summed E-state index contributed by atoms with van der Waals surface area (Å²) in [7, 11) is 0. The fraction of sp³-hybridized carbons (Fsp3) is 0.100. The minimum absolute atomic E-state index is 0.176. The van der Waals surface area contributed by atoms with Gasteiger partial charge in [0.2, 0.25) is 0 Å². The Balaban J connectivity index is 2.25. The molecule has 0 saturated carbocycles. The predicted octanol–water partition coefficient (Wildman–Crippen LogP) is 3.57. The molecule has 0 fully saturated rings. The molecule has 0 atom stereocenters. The molecule has 0 radical (unpaired) electrons. The minimum Gasteiger partial charge on any atom is -0.373 e.